The van der Waals surface area contributed by atoms with Crippen molar-refractivity contribution >= 4 is 11.7 Å². The average molecular weight is 235 g/mol. The molecule has 0 aromatic carbocycles. The molecule has 1 aromatic heterocycles. The van der Waals surface area contributed by atoms with E-state index >= 15 is 0 Å². The van der Waals surface area contributed by atoms with Crippen LogP contribution in [0.3, 0.4) is 0 Å². The van der Waals surface area contributed by atoms with Gasteiger partial charge in [-0.3, -0.25) is 4.79 Å². The van der Waals surface area contributed by atoms with Crippen LogP contribution in [0.5, 0.6) is 0 Å². The number of nitrogens with two attached hydrogens (primary N) is 1. The SMILES string of the molecule is NC(=O)c1ccc(NCC2CCCCO2)nc1. The van der Waals surface area contributed by atoms with Gasteiger partial charge in [0.25, 0.3) is 0 Å². The molecule has 0 bridgehead atoms. The monoisotopic (exact) mass is 235 g/mol. The topological polar surface area (TPSA) is 77.2 Å². The molecule has 2 heterocycles. The van der Waals surface area contributed by atoms with Crippen LogP contribution < -0.4 is 11.1 Å². The van der Waals surface area contributed by atoms with Gasteiger partial charge in [-0.25, -0.2) is 4.98 Å². The van der Waals surface area contributed by atoms with Crippen LogP contribution in [0.4, 0.5) is 5.82 Å². The van der Waals surface area contributed by atoms with Crippen molar-refractivity contribution in [2.24, 2.45) is 5.73 Å². The Labute approximate surface area is 100 Å². The van der Waals surface area contributed by atoms with Crippen LogP contribution >= 0.6 is 0 Å². The Balaban J connectivity index is 1.84. The second kappa shape index (κ2) is 5.63. The predicted octanol–water partition coefficient (Wildman–Crippen LogP) is 1.16. The van der Waals surface area contributed by atoms with E-state index in [4.69, 9.17) is 10.5 Å². The molecule has 2 rings (SSSR count). The molecule has 1 saturated heterocycles. The smallest absolute Gasteiger partial charge is 0.250 e. The number of nitrogens with zero attached hydrogens (tertiary/aromatic N) is 1. The number of carbonyl (C=O) groups is 1. The van der Waals surface area contributed by atoms with E-state index in [-0.39, 0.29) is 6.10 Å². The molecule has 5 heteroatoms. The summed E-state index contributed by atoms with van der Waals surface area (Å²) in [6, 6.07) is 3.42. The summed E-state index contributed by atoms with van der Waals surface area (Å²) in [6.07, 6.45) is 5.21. The van der Waals surface area contributed by atoms with Crippen LogP contribution in [0, 0.1) is 0 Å². The van der Waals surface area contributed by atoms with Gasteiger partial charge in [-0.2, -0.15) is 0 Å². The Morgan fingerprint density at radius 1 is 1.53 bits per heavy atom. The second-order valence-electron chi connectivity index (χ2n) is 4.17. The van der Waals surface area contributed by atoms with Crippen molar-refractivity contribution in [1.29, 1.82) is 0 Å². The highest BCUT2D eigenvalue weighted by molar-refractivity contribution is 5.92. The van der Waals surface area contributed by atoms with Crippen molar-refractivity contribution in [3.05, 3.63) is 23.9 Å². The van der Waals surface area contributed by atoms with E-state index in [1.807, 2.05) is 0 Å². The van der Waals surface area contributed by atoms with E-state index in [9.17, 15) is 4.79 Å². The molecule has 5 nitrogen and oxygen atoms in total. The fourth-order valence-corrected chi connectivity index (χ4v) is 1.83. The van der Waals surface area contributed by atoms with Crippen molar-refractivity contribution in [3.8, 4) is 0 Å². The molecule has 0 spiro atoms. The van der Waals surface area contributed by atoms with Crippen LogP contribution in [0.15, 0.2) is 18.3 Å². The zero-order valence-electron chi connectivity index (χ0n) is 9.69. The Morgan fingerprint density at radius 3 is 3.00 bits per heavy atom. The maximum absolute atomic E-state index is 10.9. The molecule has 1 fully saturated rings. The van der Waals surface area contributed by atoms with E-state index < -0.39 is 5.91 Å². The molecule has 1 aliphatic rings. The summed E-state index contributed by atoms with van der Waals surface area (Å²) in [6.45, 7) is 1.60. The van der Waals surface area contributed by atoms with Crippen molar-refractivity contribution < 1.29 is 9.53 Å². The second-order valence-corrected chi connectivity index (χ2v) is 4.17. The summed E-state index contributed by atoms with van der Waals surface area (Å²) in [7, 11) is 0. The third-order valence-electron chi connectivity index (χ3n) is 2.83. The first kappa shape index (κ1) is 11.9. The number of nitrogens with one attached hydrogen (secondary N) is 1. The van der Waals surface area contributed by atoms with Crippen molar-refractivity contribution in [2.75, 3.05) is 18.5 Å². The minimum absolute atomic E-state index is 0.265. The normalized spacial score (nSPS) is 19.9. The lowest BCUT2D eigenvalue weighted by Gasteiger charge is -2.22. The van der Waals surface area contributed by atoms with E-state index in [2.05, 4.69) is 10.3 Å². The number of anilines is 1. The molecule has 0 saturated carbocycles. The highest BCUT2D eigenvalue weighted by Crippen LogP contribution is 2.13. The molecular formula is C12H17N3O2. The number of aromatic nitrogens is 1. The molecule has 1 aromatic rings. The Kier molecular flexibility index (Phi) is 3.93. The largest absolute Gasteiger partial charge is 0.376 e. The van der Waals surface area contributed by atoms with Crippen LogP contribution in [-0.4, -0.2) is 30.1 Å². The van der Waals surface area contributed by atoms with E-state index in [0.29, 0.717) is 5.56 Å². The van der Waals surface area contributed by atoms with E-state index in [1.165, 1.54) is 12.6 Å². The van der Waals surface area contributed by atoms with Crippen LogP contribution in [0.25, 0.3) is 0 Å². The van der Waals surface area contributed by atoms with E-state index in [1.54, 1.807) is 12.1 Å². The van der Waals surface area contributed by atoms with Gasteiger partial charge in [0.2, 0.25) is 5.91 Å². The Bertz CT molecular complexity index is 372. The fourth-order valence-electron chi connectivity index (χ4n) is 1.83. The highest BCUT2D eigenvalue weighted by atomic mass is 16.5. The quantitative estimate of drug-likeness (QED) is 0.821. The lowest BCUT2D eigenvalue weighted by atomic mass is 10.1. The number of primary amides is 1. The molecule has 3 N–H and O–H groups in total. The number of ether oxygens (including phenoxy) is 1. The predicted molar refractivity (Wildman–Crippen MR) is 64.8 cm³/mol. The lowest BCUT2D eigenvalue weighted by Crippen LogP contribution is -2.27. The number of rotatable bonds is 4. The fraction of sp³-hybridized carbons (Fsp3) is 0.500. The summed E-state index contributed by atoms with van der Waals surface area (Å²) in [5, 5.41) is 3.19. The van der Waals surface area contributed by atoms with E-state index in [0.717, 1.165) is 31.8 Å². The molecule has 17 heavy (non-hydrogen) atoms. The molecular weight excluding hydrogens is 218 g/mol. The summed E-state index contributed by atoms with van der Waals surface area (Å²) < 4.78 is 5.60. The third kappa shape index (κ3) is 3.42. The van der Waals surface area contributed by atoms with Gasteiger partial charge in [0.05, 0.1) is 11.7 Å². The summed E-state index contributed by atoms with van der Waals surface area (Å²) in [5.74, 6) is 0.281. The first-order valence-electron chi connectivity index (χ1n) is 5.87. The molecule has 1 unspecified atom stereocenters. The number of carbonyl (C=O) groups excluding carboxylic acids is 1. The zero-order chi connectivity index (χ0) is 12.1. The summed E-state index contributed by atoms with van der Waals surface area (Å²) in [4.78, 5) is 15.0. The third-order valence-corrected chi connectivity index (χ3v) is 2.83. The molecule has 1 aliphatic heterocycles. The maximum Gasteiger partial charge on any atom is 0.250 e. The van der Waals surface area contributed by atoms with Gasteiger partial charge in [0.15, 0.2) is 0 Å². The van der Waals surface area contributed by atoms with Crippen LogP contribution in [0.2, 0.25) is 0 Å². The molecule has 0 aliphatic carbocycles. The number of amides is 1. The minimum Gasteiger partial charge on any atom is -0.376 e. The summed E-state index contributed by atoms with van der Waals surface area (Å²) >= 11 is 0. The van der Waals surface area contributed by atoms with Crippen LogP contribution in [-0.2, 0) is 4.74 Å². The Morgan fingerprint density at radius 2 is 2.41 bits per heavy atom. The highest BCUT2D eigenvalue weighted by Gasteiger charge is 2.13. The maximum atomic E-state index is 10.9. The molecule has 0 radical (unpaired) electrons. The van der Waals surface area contributed by atoms with Crippen LogP contribution in [0.1, 0.15) is 29.6 Å². The zero-order valence-corrected chi connectivity index (χ0v) is 9.69. The number of hydrogen-bond donors (Lipinski definition) is 2. The van der Waals surface area contributed by atoms with Gasteiger partial charge in [0.1, 0.15) is 5.82 Å². The summed E-state index contributed by atoms with van der Waals surface area (Å²) in [5.41, 5.74) is 5.56. The molecule has 1 atom stereocenters. The van der Waals surface area contributed by atoms with Crippen molar-refractivity contribution in [2.45, 2.75) is 25.4 Å². The first-order valence-corrected chi connectivity index (χ1v) is 5.87. The van der Waals surface area contributed by atoms with Crippen molar-refractivity contribution in [1.82, 2.24) is 4.98 Å². The first-order chi connectivity index (χ1) is 8.25. The number of hydrogen-bond acceptors (Lipinski definition) is 4. The number of pyridine rings is 1. The minimum atomic E-state index is -0.459. The van der Waals surface area contributed by atoms with Gasteiger partial charge in [-0.05, 0) is 31.4 Å². The standard InChI is InChI=1S/C12H17N3O2/c13-12(16)9-4-5-11(14-7-9)15-8-10-3-1-2-6-17-10/h4-5,7,10H,1-3,6,8H2,(H2,13,16)(H,14,15). The van der Waals surface area contributed by atoms with Gasteiger partial charge in [-0.15, -0.1) is 0 Å². The molecule has 1 amide bonds. The van der Waals surface area contributed by atoms with Crippen molar-refractivity contribution in [3.63, 3.8) is 0 Å². The van der Waals surface area contributed by atoms with Gasteiger partial charge < -0.3 is 15.8 Å². The Hall–Kier alpha value is -1.62. The molecule has 92 valence electrons. The average Bonchev–Trinajstić information content (AvgIpc) is 2.38. The van der Waals surface area contributed by atoms with Gasteiger partial charge in [-0.1, -0.05) is 0 Å². The lowest BCUT2D eigenvalue weighted by molar-refractivity contribution is 0.0247. The van der Waals surface area contributed by atoms with Gasteiger partial charge >= 0.3 is 0 Å². The van der Waals surface area contributed by atoms with Gasteiger partial charge in [0, 0.05) is 19.3 Å².